The predicted molar refractivity (Wildman–Crippen MR) is 220 cm³/mol. The van der Waals surface area contributed by atoms with Crippen LogP contribution in [0.25, 0.3) is 0 Å². The van der Waals surface area contributed by atoms with Crippen LogP contribution < -0.4 is 0 Å². The Labute approximate surface area is 323 Å². The predicted octanol–water partition coefficient (Wildman–Crippen LogP) is 14.3. The Balaban J connectivity index is 4.33. The fraction of sp³-hybridized carbons (Fsp3) is 0.935. The van der Waals surface area contributed by atoms with Crippen molar-refractivity contribution < 1.29 is 28.6 Å². The van der Waals surface area contributed by atoms with Crippen LogP contribution >= 0.6 is 0 Å². The van der Waals surface area contributed by atoms with E-state index in [0.29, 0.717) is 19.3 Å². The van der Waals surface area contributed by atoms with Crippen molar-refractivity contribution >= 4 is 17.9 Å². The number of carbonyl (C=O) groups excluding carboxylic acids is 3. The Morgan fingerprint density at radius 2 is 0.635 bits per heavy atom. The second kappa shape index (κ2) is 40.6. The summed E-state index contributed by atoms with van der Waals surface area (Å²) in [6.07, 6.45) is 39.4. The van der Waals surface area contributed by atoms with Crippen molar-refractivity contribution in [3.8, 4) is 0 Å². The van der Waals surface area contributed by atoms with Gasteiger partial charge in [-0.05, 0) is 25.2 Å². The van der Waals surface area contributed by atoms with Crippen LogP contribution in [0, 0.1) is 5.92 Å². The number of rotatable bonds is 41. The molecule has 0 aromatic rings. The van der Waals surface area contributed by atoms with Crippen LogP contribution in [0.3, 0.4) is 0 Å². The highest BCUT2D eigenvalue weighted by atomic mass is 16.6. The molecule has 0 aromatic carbocycles. The van der Waals surface area contributed by atoms with Gasteiger partial charge in [-0.15, -0.1) is 0 Å². The molecule has 6 heteroatoms. The Kier molecular flexibility index (Phi) is 39.4. The zero-order chi connectivity index (χ0) is 38.2. The molecule has 52 heavy (non-hydrogen) atoms. The van der Waals surface area contributed by atoms with Gasteiger partial charge in [-0.1, -0.05) is 214 Å². The number of esters is 3. The molecule has 0 N–H and O–H groups in total. The number of ether oxygens (including phenoxy) is 3. The average molecular weight is 737 g/mol. The van der Waals surface area contributed by atoms with Gasteiger partial charge in [-0.2, -0.15) is 0 Å². The quantitative estimate of drug-likeness (QED) is 0.0353. The molecule has 0 amide bonds. The molecule has 0 radical (unpaired) electrons. The van der Waals surface area contributed by atoms with E-state index < -0.39 is 6.10 Å². The molecule has 0 unspecified atom stereocenters. The Hall–Kier alpha value is -1.59. The third-order valence-corrected chi connectivity index (χ3v) is 10.3. The lowest BCUT2D eigenvalue weighted by atomic mass is 10.0. The molecular formula is C46H88O6. The first kappa shape index (κ1) is 50.4. The molecule has 0 saturated heterocycles. The van der Waals surface area contributed by atoms with E-state index in [1.165, 1.54) is 148 Å². The van der Waals surface area contributed by atoms with Crippen molar-refractivity contribution in [1.29, 1.82) is 0 Å². The maximum atomic E-state index is 12.7. The monoisotopic (exact) mass is 737 g/mol. The minimum absolute atomic E-state index is 0.0639. The van der Waals surface area contributed by atoms with Crippen molar-refractivity contribution in [2.24, 2.45) is 5.92 Å². The van der Waals surface area contributed by atoms with Crippen LogP contribution in [0.2, 0.25) is 0 Å². The summed E-state index contributed by atoms with van der Waals surface area (Å²) in [4.78, 5) is 37.7. The van der Waals surface area contributed by atoms with Gasteiger partial charge in [0, 0.05) is 19.3 Å². The number of carbonyl (C=O) groups is 3. The molecule has 6 nitrogen and oxygen atoms in total. The van der Waals surface area contributed by atoms with Crippen LogP contribution in [0.1, 0.15) is 252 Å². The van der Waals surface area contributed by atoms with Crippen molar-refractivity contribution in [3.05, 3.63) is 0 Å². The molecule has 0 heterocycles. The fourth-order valence-electron chi connectivity index (χ4n) is 6.80. The van der Waals surface area contributed by atoms with Gasteiger partial charge in [0.1, 0.15) is 13.2 Å². The van der Waals surface area contributed by atoms with Gasteiger partial charge >= 0.3 is 17.9 Å². The molecule has 0 aliphatic rings. The highest BCUT2D eigenvalue weighted by Crippen LogP contribution is 2.16. The normalized spacial score (nSPS) is 11.9. The van der Waals surface area contributed by atoms with Gasteiger partial charge in [-0.25, -0.2) is 0 Å². The van der Waals surface area contributed by atoms with Crippen molar-refractivity contribution in [2.75, 3.05) is 13.2 Å². The molecule has 0 aromatic heterocycles. The molecule has 308 valence electrons. The molecule has 0 aliphatic carbocycles. The largest absolute Gasteiger partial charge is 0.462 e. The summed E-state index contributed by atoms with van der Waals surface area (Å²) in [5, 5.41) is 0. The van der Waals surface area contributed by atoms with Crippen LogP contribution in [-0.2, 0) is 28.6 Å². The van der Waals surface area contributed by atoms with E-state index in [-0.39, 0.29) is 31.1 Å². The minimum atomic E-state index is -0.758. The molecule has 0 fully saturated rings. The molecular weight excluding hydrogens is 648 g/mol. The molecule has 1 atom stereocenters. The van der Waals surface area contributed by atoms with E-state index in [2.05, 4.69) is 27.7 Å². The Bertz CT molecular complexity index is 781. The van der Waals surface area contributed by atoms with Gasteiger partial charge in [0.25, 0.3) is 0 Å². The van der Waals surface area contributed by atoms with Crippen LogP contribution in [-0.4, -0.2) is 37.2 Å². The van der Waals surface area contributed by atoms with Gasteiger partial charge in [0.05, 0.1) is 0 Å². The fourth-order valence-corrected chi connectivity index (χ4v) is 6.80. The van der Waals surface area contributed by atoms with Gasteiger partial charge < -0.3 is 14.2 Å². The van der Waals surface area contributed by atoms with E-state index in [1.807, 2.05) is 0 Å². The van der Waals surface area contributed by atoms with Crippen molar-refractivity contribution in [1.82, 2.24) is 0 Å². The minimum Gasteiger partial charge on any atom is -0.462 e. The first-order valence-electron chi connectivity index (χ1n) is 22.9. The summed E-state index contributed by atoms with van der Waals surface area (Å²) in [5.74, 6) is -0.0468. The second-order valence-electron chi connectivity index (χ2n) is 16.2. The van der Waals surface area contributed by atoms with Gasteiger partial charge in [0.15, 0.2) is 6.10 Å². The van der Waals surface area contributed by atoms with E-state index in [4.69, 9.17) is 14.2 Å². The van der Waals surface area contributed by atoms with Crippen molar-refractivity contribution in [3.63, 3.8) is 0 Å². The maximum Gasteiger partial charge on any atom is 0.306 e. The number of hydrogen-bond donors (Lipinski definition) is 0. The lowest BCUT2D eigenvalue weighted by molar-refractivity contribution is -0.167. The summed E-state index contributed by atoms with van der Waals surface area (Å²) in [6, 6.07) is 0. The first-order chi connectivity index (χ1) is 25.4. The third kappa shape index (κ3) is 39.6. The second-order valence-corrected chi connectivity index (χ2v) is 16.2. The van der Waals surface area contributed by atoms with Gasteiger partial charge in [-0.3, -0.25) is 14.4 Å². The highest BCUT2D eigenvalue weighted by molar-refractivity contribution is 5.71. The lowest BCUT2D eigenvalue weighted by Gasteiger charge is -2.18. The van der Waals surface area contributed by atoms with Crippen LogP contribution in [0.5, 0.6) is 0 Å². The first-order valence-corrected chi connectivity index (χ1v) is 22.9. The molecule has 0 saturated carbocycles. The van der Waals surface area contributed by atoms with Gasteiger partial charge in [0.2, 0.25) is 0 Å². The zero-order valence-electron chi connectivity index (χ0n) is 35.3. The molecule has 0 aliphatic heterocycles. The Morgan fingerprint density at radius 3 is 0.942 bits per heavy atom. The smallest absolute Gasteiger partial charge is 0.306 e. The molecule has 0 bridgehead atoms. The van der Waals surface area contributed by atoms with E-state index in [0.717, 1.165) is 63.7 Å². The zero-order valence-corrected chi connectivity index (χ0v) is 35.3. The SMILES string of the molecule is CCCCCCCCCCCCCC(=O)OC[C@@H](COC(=O)CCCCCCCCCCCC(C)C)OC(=O)CCCCCCCCCCCCC. The van der Waals surface area contributed by atoms with E-state index in [1.54, 1.807) is 0 Å². The number of unbranched alkanes of at least 4 members (excludes halogenated alkanes) is 28. The summed E-state index contributed by atoms with van der Waals surface area (Å²) >= 11 is 0. The summed E-state index contributed by atoms with van der Waals surface area (Å²) in [7, 11) is 0. The summed E-state index contributed by atoms with van der Waals surface area (Å²) in [6.45, 7) is 8.96. The van der Waals surface area contributed by atoms with E-state index >= 15 is 0 Å². The van der Waals surface area contributed by atoms with Crippen LogP contribution in [0.4, 0.5) is 0 Å². The summed E-state index contributed by atoms with van der Waals surface area (Å²) in [5.41, 5.74) is 0. The maximum absolute atomic E-state index is 12.7. The molecule has 0 spiro atoms. The topological polar surface area (TPSA) is 78.9 Å². The van der Waals surface area contributed by atoms with Crippen molar-refractivity contribution in [2.45, 2.75) is 259 Å². The third-order valence-electron chi connectivity index (χ3n) is 10.3. The standard InChI is InChI=1S/C46H88O6/c1-5-7-9-11-13-15-17-21-25-29-33-37-44(47)50-40-43(52-46(49)39-35-31-27-22-18-16-14-12-10-8-6-2)41-51-45(48)38-34-30-26-23-19-20-24-28-32-36-42(3)4/h42-43H,5-41H2,1-4H3/t43-/m0/s1. The lowest BCUT2D eigenvalue weighted by Crippen LogP contribution is -2.30. The Morgan fingerprint density at radius 1 is 0.365 bits per heavy atom. The highest BCUT2D eigenvalue weighted by Gasteiger charge is 2.19. The van der Waals surface area contributed by atoms with E-state index in [9.17, 15) is 14.4 Å². The van der Waals surface area contributed by atoms with Crippen LogP contribution in [0.15, 0.2) is 0 Å². The number of hydrogen-bond acceptors (Lipinski definition) is 6. The average Bonchev–Trinajstić information content (AvgIpc) is 3.12. The molecule has 0 rings (SSSR count). The summed E-state index contributed by atoms with van der Waals surface area (Å²) < 4.78 is 16.7.